The minimum Gasteiger partial charge on any atom is -0.481 e. The van der Waals surface area contributed by atoms with Gasteiger partial charge in [0, 0.05) is 12.8 Å². The van der Waals surface area contributed by atoms with Gasteiger partial charge in [-0.05, 0) is 32.1 Å². The van der Waals surface area contributed by atoms with E-state index in [1.807, 2.05) is 12.2 Å². The summed E-state index contributed by atoms with van der Waals surface area (Å²) in [6.45, 7) is 2.08. The number of rotatable bonds is 13. The zero-order chi connectivity index (χ0) is 20.8. The molecule has 1 rings (SSSR count). The minimum atomic E-state index is -0.854. The smallest absolute Gasteiger partial charge is 0.303 e. The predicted octanol–water partition coefficient (Wildman–Crippen LogP) is 2.90. The SMILES string of the molecule is CC/C=C\C/C=C\C[C@@H](O)/C=C/[C@@H]1O[C@@H]([C@@H](O)C/C=C\CCC(=O)O)C[C@@H]1O. The molecule has 0 amide bonds. The van der Waals surface area contributed by atoms with Crippen LogP contribution in [0.25, 0.3) is 0 Å². The van der Waals surface area contributed by atoms with Crippen molar-refractivity contribution in [3.8, 4) is 0 Å². The van der Waals surface area contributed by atoms with Crippen LogP contribution in [0.5, 0.6) is 0 Å². The highest BCUT2D eigenvalue weighted by atomic mass is 16.5. The summed E-state index contributed by atoms with van der Waals surface area (Å²) in [7, 11) is 0. The summed E-state index contributed by atoms with van der Waals surface area (Å²) >= 11 is 0. The van der Waals surface area contributed by atoms with Gasteiger partial charge in [0.25, 0.3) is 0 Å². The molecule has 0 aliphatic carbocycles. The van der Waals surface area contributed by atoms with Gasteiger partial charge in [-0.3, -0.25) is 4.79 Å². The molecule has 6 nitrogen and oxygen atoms in total. The van der Waals surface area contributed by atoms with Crippen molar-refractivity contribution < 1.29 is 30.0 Å². The number of aliphatic hydroxyl groups is 3. The Hall–Kier alpha value is -1.73. The summed E-state index contributed by atoms with van der Waals surface area (Å²) in [5, 5.41) is 38.9. The number of carboxylic acids is 1. The fraction of sp³-hybridized carbons (Fsp3) is 0.591. The van der Waals surface area contributed by atoms with Crippen LogP contribution in [-0.4, -0.2) is 56.9 Å². The molecule has 1 fully saturated rings. The highest BCUT2D eigenvalue weighted by molar-refractivity contribution is 5.66. The Morgan fingerprint density at radius 3 is 2.54 bits per heavy atom. The summed E-state index contributed by atoms with van der Waals surface area (Å²) in [5.41, 5.74) is 0. The lowest BCUT2D eigenvalue weighted by molar-refractivity contribution is -0.136. The van der Waals surface area contributed by atoms with Crippen LogP contribution in [0.2, 0.25) is 0 Å². The Balaban J connectivity index is 2.34. The summed E-state index contributed by atoms with van der Waals surface area (Å²) in [6.07, 6.45) is 15.1. The van der Waals surface area contributed by atoms with Crippen molar-refractivity contribution in [3.05, 3.63) is 48.6 Å². The van der Waals surface area contributed by atoms with Crippen molar-refractivity contribution in [2.75, 3.05) is 0 Å². The Labute approximate surface area is 167 Å². The number of hydrogen-bond donors (Lipinski definition) is 4. The van der Waals surface area contributed by atoms with Crippen molar-refractivity contribution in [2.45, 2.75) is 82.4 Å². The van der Waals surface area contributed by atoms with E-state index in [2.05, 4.69) is 19.1 Å². The molecule has 1 aliphatic heterocycles. The molecular weight excluding hydrogens is 360 g/mol. The van der Waals surface area contributed by atoms with E-state index in [1.165, 1.54) is 0 Å². The predicted molar refractivity (Wildman–Crippen MR) is 109 cm³/mol. The first-order chi connectivity index (χ1) is 13.4. The molecular formula is C22H34O6. The first kappa shape index (κ1) is 24.3. The van der Waals surface area contributed by atoms with Crippen molar-refractivity contribution in [2.24, 2.45) is 0 Å². The fourth-order valence-electron chi connectivity index (χ4n) is 2.84. The van der Waals surface area contributed by atoms with E-state index < -0.39 is 36.5 Å². The molecule has 1 aliphatic rings. The Kier molecular flexibility index (Phi) is 12.4. The molecule has 158 valence electrons. The third-order valence-corrected chi connectivity index (χ3v) is 4.42. The number of allylic oxidation sites excluding steroid dienone is 4. The molecule has 0 radical (unpaired) electrons. The molecule has 0 bridgehead atoms. The van der Waals surface area contributed by atoms with E-state index in [1.54, 1.807) is 24.3 Å². The normalized spacial score (nSPS) is 25.5. The first-order valence-corrected chi connectivity index (χ1v) is 9.98. The second-order valence-corrected chi connectivity index (χ2v) is 6.92. The van der Waals surface area contributed by atoms with Crippen LogP contribution in [-0.2, 0) is 9.53 Å². The van der Waals surface area contributed by atoms with Crippen molar-refractivity contribution >= 4 is 5.97 Å². The van der Waals surface area contributed by atoms with E-state index in [0.717, 1.165) is 12.8 Å². The van der Waals surface area contributed by atoms with Crippen LogP contribution >= 0.6 is 0 Å². The van der Waals surface area contributed by atoms with Gasteiger partial charge in [-0.25, -0.2) is 0 Å². The van der Waals surface area contributed by atoms with Crippen LogP contribution in [0.3, 0.4) is 0 Å². The standard InChI is InChI=1S/C22H34O6/c1-2-3-4-5-6-8-11-17(23)14-15-20-19(25)16-21(28-20)18(24)12-9-7-10-13-22(26)27/h3-4,6-9,14-15,17-21,23-25H,2,5,10-13,16H2,1H3,(H,26,27)/b4-3-,8-6-,9-7-,15-14+/t17-,18+,19+,20+,21-/m1/s1. The summed E-state index contributed by atoms with van der Waals surface area (Å²) in [6, 6.07) is 0. The maximum absolute atomic E-state index is 10.4. The number of ether oxygens (including phenoxy) is 1. The molecule has 4 N–H and O–H groups in total. The van der Waals surface area contributed by atoms with E-state index in [9.17, 15) is 20.1 Å². The summed E-state index contributed by atoms with van der Waals surface area (Å²) in [4.78, 5) is 10.4. The monoisotopic (exact) mass is 394 g/mol. The third kappa shape index (κ3) is 10.6. The number of aliphatic carboxylic acids is 1. The molecule has 0 aromatic rings. The van der Waals surface area contributed by atoms with Gasteiger partial charge in [0.05, 0.1) is 24.4 Å². The van der Waals surface area contributed by atoms with Crippen LogP contribution < -0.4 is 0 Å². The number of hydrogen-bond acceptors (Lipinski definition) is 5. The highest BCUT2D eigenvalue weighted by Crippen LogP contribution is 2.25. The average molecular weight is 395 g/mol. The zero-order valence-electron chi connectivity index (χ0n) is 16.6. The molecule has 1 saturated heterocycles. The second-order valence-electron chi connectivity index (χ2n) is 6.92. The van der Waals surface area contributed by atoms with E-state index in [0.29, 0.717) is 25.7 Å². The topological polar surface area (TPSA) is 107 Å². The lowest BCUT2D eigenvalue weighted by atomic mass is 10.0. The highest BCUT2D eigenvalue weighted by Gasteiger charge is 2.35. The second kappa shape index (κ2) is 14.3. The van der Waals surface area contributed by atoms with Crippen LogP contribution in [0, 0.1) is 0 Å². The van der Waals surface area contributed by atoms with Gasteiger partial charge < -0.3 is 25.2 Å². The van der Waals surface area contributed by atoms with E-state index in [4.69, 9.17) is 9.84 Å². The maximum Gasteiger partial charge on any atom is 0.303 e. The fourth-order valence-corrected chi connectivity index (χ4v) is 2.84. The van der Waals surface area contributed by atoms with Crippen LogP contribution in [0.1, 0.15) is 51.9 Å². The van der Waals surface area contributed by atoms with Crippen molar-refractivity contribution in [1.82, 2.24) is 0 Å². The lowest BCUT2D eigenvalue weighted by Gasteiger charge is -2.16. The molecule has 28 heavy (non-hydrogen) atoms. The molecule has 0 spiro atoms. The molecule has 6 heteroatoms. The maximum atomic E-state index is 10.4. The minimum absolute atomic E-state index is 0.0606. The molecule has 5 atom stereocenters. The lowest BCUT2D eigenvalue weighted by Crippen LogP contribution is -2.25. The van der Waals surface area contributed by atoms with Crippen LogP contribution in [0.4, 0.5) is 0 Å². The zero-order valence-corrected chi connectivity index (χ0v) is 16.6. The average Bonchev–Trinajstić information content (AvgIpc) is 3.03. The van der Waals surface area contributed by atoms with Gasteiger partial charge in [0.15, 0.2) is 0 Å². The molecule has 0 aromatic carbocycles. The van der Waals surface area contributed by atoms with Crippen molar-refractivity contribution in [3.63, 3.8) is 0 Å². The first-order valence-electron chi connectivity index (χ1n) is 9.98. The van der Waals surface area contributed by atoms with Gasteiger partial charge in [-0.2, -0.15) is 0 Å². The molecule has 0 aromatic heterocycles. The molecule has 1 heterocycles. The summed E-state index contributed by atoms with van der Waals surface area (Å²) in [5.74, 6) is -0.854. The van der Waals surface area contributed by atoms with Gasteiger partial charge >= 0.3 is 5.97 Å². The van der Waals surface area contributed by atoms with Gasteiger partial charge in [-0.15, -0.1) is 0 Å². The molecule has 0 unspecified atom stereocenters. The van der Waals surface area contributed by atoms with E-state index in [-0.39, 0.29) is 6.42 Å². The van der Waals surface area contributed by atoms with Crippen molar-refractivity contribution in [1.29, 1.82) is 0 Å². The van der Waals surface area contributed by atoms with Crippen LogP contribution in [0.15, 0.2) is 48.6 Å². The molecule has 0 saturated carbocycles. The summed E-state index contributed by atoms with van der Waals surface area (Å²) < 4.78 is 5.70. The number of carboxylic acid groups (broad SMARTS) is 1. The van der Waals surface area contributed by atoms with E-state index >= 15 is 0 Å². The Bertz CT molecular complexity index is 551. The number of aliphatic hydroxyl groups excluding tert-OH is 3. The van der Waals surface area contributed by atoms with Gasteiger partial charge in [-0.1, -0.05) is 55.5 Å². The quantitative estimate of drug-likeness (QED) is 0.358. The third-order valence-electron chi connectivity index (χ3n) is 4.42. The number of carbonyl (C=O) groups is 1. The van der Waals surface area contributed by atoms with Gasteiger partial charge in [0.2, 0.25) is 0 Å². The largest absolute Gasteiger partial charge is 0.481 e. The van der Waals surface area contributed by atoms with Gasteiger partial charge in [0.1, 0.15) is 6.10 Å². The Morgan fingerprint density at radius 1 is 1.11 bits per heavy atom. The Morgan fingerprint density at radius 2 is 1.82 bits per heavy atom.